The summed E-state index contributed by atoms with van der Waals surface area (Å²) in [6.07, 6.45) is 0. The Morgan fingerprint density at radius 1 is 0.352 bits per heavy atom. The van der Waals surface area contributed by atoms with Crippen molar-refractivity contribution in [3.8, 4) is 50.7 Å². The van der Waals surface area contributed by atoms with Gasteiger partial charge in [-0.2, -0.15) is 0 Å². The van der Waals surface area contributed by atoms with Crippen LogP contribution in [0.25, 0.3) is 100 Å². The zero-order chi connectivity index (χ0) is 35.6. The van der Waals surface area contributed by atoms with Crippen molar-refractivity contribution in [1.29, 1.82) is 0 Å². The third kappa shape index (κ3) is 4.76. The number of para-hydroxylation sites is 3. The van der Waals surface area contributed by atoms with Gasteiger partial charge in [0.1, 0.15) is 5.65 Å². The van der Waals surface area contributed by atoms with Gasteiger partial charge in [-0.3, -0.25) is 4.40 Å². The van der Waals surface area contributed by atoms with Crippen molar-refractivity contribution in [2.24, 2.45) is 0 Å². The highest BCUT2D eigenvalue weighted by Gasteiger charge is 2.21. The minimum Gasteiger partial charge on any atom is -0.307 e. The first-order chi connectivity index (χ1) is 26.8. The van der Waals surface area contributed by atoms with Crippen molar-refractivity contribution in [3.63, 3.8) is 0 Å². The van der Waals surface area contributed by atoms with Gasteiger partial charge in [0.2, 0.25) is 0 Å². The van der Waals surface area contributed by atoms with E-state index in [1.54, 1.807) is 0 Å². The number of imidazole rings is 1. The number of aromatic nitrogens is 5. The Hall–Kier alpha value is -7.37. The lowest BCUT2D eigenvalue weighted by molar-refractivity contribution is 1.18. The summed E-state index contributed by atoms with van der Waals surface area (Å²) in [4.78, 5) is 15.4. The van der Waals surface area contributed by atoms with Gasteiger partial charge >= 0.3 is 0 Å². The molecule has 4 aromatic heterocycles. The molecule has 0 unspecified atom stereocenters. The zero-order valence-corrected chi connectivity index (χ0v) is 29.1. The predicted octanol–water partition coefficient (Wildman–Crippen LogP) is 12.2. The fraction of sp³-hybridized carbons (Fsp3) is 0. The lowest BCUT2D eigenvalue weighted by Gasteiger charge is -2.13. The van der Waals surface area contributed by atoms with Crippen LogP contribution in [-0.2, 0) is 0 Å². The molecule has 252 valence electrons. The highest BCUT2D eigenvalue weighted by Crippen LogP contribution is 2.40. The van der Waals surface area contributed by atoms with Gasteiger partial charge in [-0.05, 0) is 53.6 Å². The first kappa shape index (κ1) is 30.3. The molecule has 11 aromatic rings. The second kappa shape index (κ2) is 12.1. The minimum atomic E-state index is 0.693. The molecule has 0 spiro atoms. The summed E-state index contributed by atoms with van der Waals surface area (Å²) in [5, 5.41) is 3.48. The highest BCUT2D eigenvalue weighted by molar-refractivity contribution is 6.21. The summed E-state index contributed by atoms with van der Waals surface area (Å²) in [5.41, 5.74) is 14.7. The Bertz CT molecular complexity index is 3160. The average molecular weight is 690 g/mol. The molecule has 0 saturated heterocycles. The lowest BCUT2D eigenvalue weighted by atomic mass is 10.0. The molecule has 5 heteroatoms. The van der Waals surface area contributed by atoms with Crippen molar-refractivity contribution in [2.75, 3.05) is 0 Å². The fourth-order valence-electron chi connectivity index (χ4n) is 8.04. The SMILES string of the molecule is c1ccc(-c2cc(-c3ccccc3)nc(-c3cccc(-c4cccc(-n5c6ccccc6c6c5c5ccccc5c5nc7ccccc7n56)c4)c3)n2)cc1. The topological polar surface area (TPSA) is 48.0 Å². The molecule has 7 aromatic carbocycles. The second-order valence-electron chi connectivity index (χ2n) is 13.7. The average Bonchev–Trinajstić information content (AvgIpc) is 3.81. The van der Waals surface area contributed by atoms with E-state index >= 15 is 0 Å². The monoisotopic (exact) mass is 689 g/mol. The third-order valence-electron chi connectivity index (χ3n) is 10.5. The second-order valence-corrected chi connectivity index (χ2v) is 13.7. The Balaban J connectivity index is 1.11. The Kier molecular flexibility index (Phi) is 6.79. The van der Waals surface area contributed by atoms with E-state index in [2.05, 4.69) is 161 Å². The van der Waals surface area contributed by atoms with Crippen molar-refractivity contribution in [1.82, 2.24) is 23.9 Å². The van der Waals surface area contributed by atoms with E-state index in [-0.39, 0.29) is 0 Å². The van der Waals surface area contributed by atoms with E-state index in [0.29, 0.717) is 5.82 Å². The Morgan fingerprint density at radius 3 is 1.65 bits per heavy atom. The molecule has 0 amide bonds. The van der Waals surface area contributed by atoms with Gasteiger partial charge < -0.3 is 4.57 Å². The summed E-state index contributed by atoms with van der Waals surface area (Å²) in [6, 6.07) is 66.0. The number of rotatable bonds is 5. The molecule has 0 aliphatic heterocycles. The molecule has 0 N–H and O–H groups in total. The van der Waals surface area contributed by atoms with Gasteiger partial charge in [-0.1, -0.05) is 146 Å². The van der Waals surface area contributed by atoms with Crippen LogP contribution in [0, 0.1) is 0 Å². The van der Waals surface area contributed by atoms with E-state index in [0.717, 1.165) is 83.5 Å². The number of fused-ring (bicyclic) bond motifs is 10. The number of hydrogen-bond acceptors (Lipinski definition) is 3. The highest BCUT2D eigenvalue weighted by atomic mass is 15.1. The van der Waals surface area contributed by atoms with Crippen LogP contribution in [-0.4, -0.2) is 23.9 Å². The van der Waals surface area contributed by atoms with E-state index in [9.17, 15) is 0 Å². The van der Waals surface area contributed by atoms with Gasteiger partial charge in [0.05, 0.1) is 39.0 Å². The molecule has 0 atom stereocenters. The molecule has 0 radical (unpaired) electrons. The molecule has 0 aliphatic carbocycles. The fourth-order valence-corrected chi connectivity index (χ4v) is 8.04. The molecule has 4 heterocycles. The molecule has 54 heavy (non-hydrogen) atoms. The minimum absolute atomic E-state index is 0.693. The van der Waals surface area contributed by atoms with Gasteiger partial charge in [-0.25, -0.2) is 15.0 Å². The first-order valence-corrected chi connectivity index (χ1v) is 18.2. The van der Waals surface area contributed by atoms with Crippen molar-refractivity contribution in [3.05, 3.63) is 188 Å². The van der Waals surface area contributed by atoms with Gasteiger partial charge in [-0.15, -0.1) is 0 Å². The molecule has 0 saturated carbocycles. The molecular formula is C49H31N5. The molecule has 0 bridgehead atoms. The number of nitrogens with zero attached hydrogens (tertiary/aromatic N) is 5. The summed E-state index contributed by atoms with van der Waals surface area (Å²) < 4.78 is 4.78. The maximum Gasteiger partial charge on any atom is 0.160 e. The summed E-state index contributed by atoms with van der Waals surface area (Å²) >= 11 is 0. The van der Waals surface area contributed by atoms with Gasteiger partial charge in [0, 0.05) is 38.5 Å². The van der Waals surface area contributed by atoms with Gasteiger partial charge in [0.15, 0.2) is 5.82 Å². The molecule has 0 aliphatic rings. The van der Waals surface area contributed by atoms with E-state index in [4.69, 9.17) is 15.0 Å². The molecular weight excluding hydrogens is 659 g/mol. The third-order valence-corrected chi connectivity index (χ3v) is 10.5. The molecule has 11 rings (SSSR count). The van der Waals surface area contributed by atoms with Gasteiger partial charge in [0.25, 0.3) is 0 Å². The molecule has 0 fully saturated rings. The van der Waals surface area contributed by atoms with Crippen molar-refractivity contribution >= 4 is 49.4 Å². The van der Waals surface area contributed by atoms with Crippen LogP contribution in [0.15, 0.2) is 188 Å². The number of benzene rings is 7. The van der Waals surface area contributed by atoms with E-state index < -0.39 is 0 Å². The van der Waals surface area contributed by atoms with Crippen LogP contribution >= 0.6 is 0 Å². The Morgan fingerprint density at radius 2 is 0.907 bits per heavy atom. The standard InChI is InChI=1S/C49H31N5/c1-3-15-32(16-4-1)42-31-43(33-17-5-2-6-18-33)51-48(50-42)36-21-13-19-34(29-36)35-20-14-22-37(30-35)53-44-27-11-9-25-40(44)47-46(53)38-23-7-8-24-39(38)49-52-41-26-10-12-28-45(41)54(47)49/h1-31H. The largest absolute Gasteiger partial charge is 0.307 e. The normalized spacial score (nSPS) is 11.7. The van der Waals surface area contributed by atoms with Crippen molar-refractivity contribution < 1.29 is 0 Å². The van der Waals surface area contributed by atoms with Crippen LogP contribution in [0.1, 0.15) is 0 Å². The summed E-state index contributed by atoms with van der Waals surface area (Å²) in [6.45, 7) is 0. The Labute approximate surface area is 311 Å². The van der Waals surface area contributed by atoms with E-state index in [1.807, 2.05) is 36.4 Å². The summed E-state index contributed by atoms with van der Waals surface area (Å²) in [7, 11) is 0. The van der Waals surface area contributed by atoms with Crippen LogP contribution in [0.2, 0.25) is 0 Å². The van der Waals surface area contributed by atoms with Crippen LogP contribution in [0.4, 0.5) is 0 Å². The predicted molar refractivity (Wildman–Crippen MR) is 222 cm³/mol. The first-order valence-electron chi connectivity index (χ1n) is 18.2. The van der Waals surface area contributed by atoms with Crippen LogP contribution < -0.4 is 0 Å². The van der Waals surface area contributed by atoms with Crippen LogP contribution in [0.3, 0.4) is 0 Å². The smallest absolute Gasteiger partial charge is 0.160 e. The summed E-state index contributed by atoms with van der Waals surface area (Å²) in [5.74, 6) is 0.693. The van der Waals surface area contributed by atoms with E-state index in [1.165, 1.54) is 10.8 Å². The molecule has 5 nitrogen and oxygen atoms in total. The maximum atomic E-state index is 5.16. The number of pyridine rings is 1. The maximum absolute atomic E-state index is 5.16. The van der Waals surface area contributed by atoms with Crippen molar-refractivity contribution in [2.45, 2.75) is 0 Å². The number of hydrogen-bond donors (Lipinski definition) is 0. The lowest BCUT2D eigenvalue weighted by Crippen LogP contribution is -1.97. The zero-order valence-electron chi connectivity index (χ0n) is 29.1. The van der Waals surface area contributed by atoms with Crippen LogP contribution in [0.5, 0.6) is 0 Å². The quantitative estimate of drug-likeness (QED) is 0.181.